The van der Waals surface area contributed by atoms with E-state index in [0.717, 1.165) is 51.8 Å². The fourth-order valence-corrected chi connectivity index (χ4v) is 6.62. The quantitative estimate of drug-likeness (QED) is 0.179. The molecule has 2 aromatic carbocycles. The van der Waals surface area contributed by atoms with E-state index in [0.29, 0.717) is 33.7 Å². The van der Waals surface area contributed by atoms with E-state index >= 15 is 0 Å². The SMILES string of the molecule is CCC1(CC)OB(O)c2cc(CNC(=O)c3ccc(C4=NOC(C)(c5cc(Cl)c(Cl)c(Cl)c5)C4)c4cccn34)ccc21. The molecule has 0 saturated carbocycles. The van der Waals surface area contributed by atoms with Gasteiger partial charge in [-0.05, 0) is 72.8 Å². The molecule has 2 aromatic heterocycles. The number of fused-ring (bicyclic) bond motifs is 2. The lowest BCUT2D eigenvalue weighted by atomic mass is 9.76. The second kappa shape index (κ2) is 10.9. The molecule has 1 amide bonds. The number of nitrogens with zero attached hydrogens (tertiary/aromatic N) is 2. The Morgan fingerprint density at radius 3 is 2.55 bits per heavy atom. The normalized spacial score (nSPS) is 19.1. The number of rotatable bonds is 7. The fraction of sp³-hybridized carbons (Fsp3) is 0.290. The minimum atomic E-state index is -0.972. The molecule has 4 aromatic rings. The topological polar surface area (TPSA) is 84.6 Å². The van der Waals surface area contributed by atoms with Gasteiger partial charge in [0.15, 0.2) is 5.60 Å². The van der Waals surface area contributed by atoms with Crippen LogP contribution in [0.3, 0.4) is 0 Å². The highest BCUT2D eigenvalue weighted by molar-refractivity contribution is 6.62. The van der Waals surface area contributed by atoms with E-state index in [9.17, 15) is 9.82 Å². The van der Waals surface area contributed by atoms with Crippen molar-refractivity contribution in [1.29, 1.82) is 0 Å². The van der Waals surface area contributed by atoms with Gasteiger partial charge >= 0.3 is 7.12 Å². The lowest BCUT2D eigenvalue weighted by molar-refractivity contribution is -0.00737. The molecule has 1 unspecified atom stereocenters. The van der Waals surface area contributed by atoms with E-state index in [1.165, 1.54) is 0 Å². The molecular weight excluding hydrogens is 596 g/mol. The zero-order chi connectivity index (χ0) is 29.8. The van der Waals surface area contributed by atoms with E-state index in [-0.39, 0.29) is 5.91 Å². The van der Waals surface area contributed by atoms with E-state index in [1.807, 2.05) is 53.9 Å². The Kier molecular flexibility index (Phi) is 7.56. The maximum absolute atomic E-state index is 13.3. The lowest BCUT2D eigenvalue weighted by Gasteiger charge is -2.28. The summed E-state index contributed by atoms with van der Waals surface area (Å²) in [6.07, 6.45) is 3.86. The third-order valence-electron chi connectivity index (χ3n) is 8.50. The molecule has 0 spiro atoms. The molecular formula is C31H29BCl3N3O4. The van der Waals surface area contributed by atoms with Crippen molar-refractivity contribution in [2.24, 2.45) is 5.16 Å². The van der Waals surface area contributed by atoms with Gasteiger partial charge in [-0.1, -0.05) is 72.0 Å². The molecule has 2 N–H and O–H groups in total. The van der Waals surface area contributed by atoms with Crippen LogP contribution < -0.4 is 10.8 Å². The van der Waals surface area contributed by atoms with Gasteiger partial charge in [-0.15, -0.1) is 0 Å². The van der Waals surface area contributed by atoms with E-state index in [1.54, 1.807) is 18.2 Å². The number of nitrogens with one attached hydrogen (secondary N) is 1. The molecule has 0 fully saturated rings. The Morgan fingerprint density at radius 1 is 1.10 bits per heavy atom. The summed E-state index contributed by atoms with van der Waals surface area (Å²) in [4.78, 5) is 19.3. The Balaban J connectivity index is 1.20. The van der Waals surface area contributed by atoms with Crippen LogP contribution in [0.5, 0.6) is 0 Å². The summed E-state index contributed by atoms with van der Waals surface area (Å²) in [6.45, 7) is 6.34. The van der Waals surface area contributed by atoms with Crippen molar-refractivity contribution in [3.63, 3.8) is 0 Å². The fourth-order valence-electron chi connectivity index (χ4n) is 6.02. The summed E-state index contributed by atoms with van der Waals surface area (Å²) < 4.78 is 7.79. The summed E-state index contributed by atoms with van der Waals surface area (Å²) >= 11 is 18.7. The standard InChI is InChI=1S/C31H29BCl3N3O4/c1-4-31(5-2)21-10-8-18(13-22(21)32(40)41-31)17-36-29(39)27-11-9-20(26-7-6-12-38(26)27)25-16-30(3,42-37-25)19-14-23(33)28(35)24(34)15-19/h6-15,40H,4-5,16-17H2,1-3H3,(H,36,39). The molecule has 0 saturated heterocycles. The van der Waals surface area contributed by atoms with Gasteiger partial charge in [-0.2, -0.15) is 0 Å². The van der Waals surface area contributed by atoms with Crippen molar-refractivity contribution >= 4 is 64.5 Å². The molecule has 7 nitrogen and oxygen atoms in total. The summed E-state index contributed by atoms with van der Waals surface area (Å²) in [6, 6.07) is 16.9. The molecule has 0 bridgehead atoms. The van der Waals surface area contributed by atoms with E-state index in [4.69, 9.17) is 44.3 Å². The Hall–Kier alpha value is -3.01. The number of hydrogen-bond donors (Lipinski definition) is 2. The molecule has 11 heteroatoms. The molecule has 2 aliphatic heterocycles. The van der Waals surface area contributed by atoms with Gasteiger partial charge in [0.1, 0.15) is 5.69 Å². The first-order valence-corrected chi connectivity index (χ1v) is 15.0. The van der Waals surface area contributed by atoms with Gasteiger partial charge in [0.2, 0.25) is 0 Å². The molecule has 42 heavy (non-hydrogen) atoms. The third-order valence-corrected chi connectivity index (χ3v) is 9.69. The number of pyridine rings is 1. The van der Waals surface area contributed by atoms with Crippen LogP contribution in [-0.2, 0) is 27.2 Å². The number of aromatic nitrogens is 1. The highest BCUT2D eigenvalue weighted by Gasteiger charge is 2.44. The number of carbonyl (C=O) groups is 1. The van der Waals surface area contributed by atoms with Crippen LogP contribution in [0.2, 0.25) is 15.1 Å². The summed E-state index contributed by atoms with van der Waals surface area (Å²) in [7, 11) is -0.972. The number of benzene rings is 2. The predicted molar refractivity (Wildman–Crippen MR) is 167 cm³/mol. The zero-order valence-electron chi connectivity index (χ0n) is 23.4. The summed E-state index contributed by atoms with van der Waals surface area (Å²) in [5.74, 6) is -0.226. The van der Waals surface area contributed by atoms with Crippen molar-refractivity contribution < 1.29 is 19.3 Å². The Morgan fingerprint density at radius 2 is 1.83 bits per heavy atom. The van der Waals surface area contributed by atoms with E-state index < -0.39 is 18.3 Å². The van der Waals surface area contributed by atoms with Crippen LogP contribution in [0.1, 0.15) is 72.8 Å². The largest absolute Gasteiger partial charge is 0.492 e. The van der Waals surface area contributed by atoms with Gasteiger partial charge in [0, 0.05) is 30.3 Å². The summed E-state index contributed by atoms with van der Waals surface area (Å²) in [5.41, 5.74) is 5.07. The van der Waals surface area contributed by atoms with Crippen molar-refractivity contribution in [3.05, 3.63) is 104 Å². The zero-order valence-corrected chi connectivity index (χ0v) is 25.6. The van der Waals surface area contributed by atoms with Gasteiger partial charge in [0.05, 0.1) is 31.9 Å². The number of carbonyl (C=O) groups excluding carboxylic acids is 1. The van der Waals surface area contributed by atoms with Crippen LogP contribution >= 0.6 is 34.8 Å². The van der Waals surface area contributed by atoms with Gasteiger partial charge in [0.25, 0.3) is 5.91 Å². The first-order valence-electron chi connectivity index (χ1n) is 13.9. The second-order valence-electron chi connectivity index (χ2n) is 11.0. The molecule has 6 rings (SSSR count). The van der Waals surface area contributed by atoms with Crippen LogP contribution in [0.4, 0.5) is 0 Å². The predicted octanol–water partition coefficient (Wildman–Crippen LogP) is 6.60. The first kappa shape index (κ1) is 29.1. The van der Waals surface area contributed by atoms with Crippen LogP contribution in [0.15, 0.2) is 65.9 Å². The molecule has 2 aliphatic rings. The Labute approximate surface area is 259 Å². The molecule has 4 heterocycles. The minimum Gasteiger partial charge on any atom is -0.423 e. The van der Waals surface area contributed by atoms with E-state index in [2.05, 4.69) is 24.3 Å². The van der Waals surface area contributed by atoms with Crippen LogP contribution in [-0.4, -0.2) is 28.2 Å². The minimum absolute atomic E-state index is 0.226. The van der Waals surface area contributed by atoms with Crippen molar-refractivity contribution in [2.45, 2.75) is 57.8 Å². The second-order valence-corrected chi connectivity index (χ2v) is 12.2. The van der Waals surface area contributed by atoms with Crippen molar-refractivity contribution in [2.75, 3.05) is 0 Å². The monoisotopic (exact) mass is 623 g/mol. The third kappa shape index (κ3) is 4.79. The number of hydrogen-bond acceptors (Lipinski definition) is 5. The lowest BCUT2D eigenvalue weighted by Crippen LogP contribution is -2.30. The molecule has 0 aliphatic carbocycles. The molecule has 216 valence electrons. The highest BCUT2D eigenvalue weighted by Crippen LogP contribution is 2.42. The maximum Gasteiger partial charge on any atom is 0.492 e. The number of halogens is 3. The average molecular weight is 625 g/mol. The van der Waals surface area contributed by atoms with Crippen LogP contribution in [0.25, 0.3) is 5.52 Å². The van der Waals surface area contributed by atoms with Gasteiger partial charge in [-0.25, -0.2) is 0 Å². The average Bonchev–Trinajstić information content (AvgIpc) is 3.71. The smallest absolute Gasteiger partial charge is 0.423 e. The van der Waals surface area contributed by atoms with Crippen molar-refractivity contribution in [1.82, 2.24) is 9.72 Å². The number of amides is 1. The maximum atomic E-state index is 13.3. The van der Waals surface area contributed by atoms with Gasteiger partial charge in [-0.3, -0.25) is 4.79 Å². The highest BCUT2D eigenvalue weighted by atomic mass is 35.5. The molecule has 0 radical (unpaired) electrons. The summed E-state index contributed by atoms with van der Waals surface area (Å²) in [5, 5.41) is 19.0. The van der Waals surface area contributed by atoms with Gasteiger partial charge < -0.3 is 24.2 Å². The first-order chi connectivity index (χ1) is 20.1. The number of oxime groups is 1. The van der Waals surface area contributed by atoms with Crippen LogP contribution in [0, 0.1) is 0 Å². The molecule has 1 atom stereocenters. The Bertz CT molecular complexity index is 1730. The van der Waals surface area contributed by atoms with Crippen molar-refractivity contribution in [3.8, 4) is 0 Å².